The maximum atomic E-state index is 12.0. The number of oxazole rings is 1. The van der Waals surface area contributed by atoms with Gasteiger partial charge in [-0.25, -0.2) is 4.98 Å². The van der Waals surface area contributed by atoms with Crippen LogP contribution in [0.25, 0.3) is 11.1 Å². The molecule has 0 bridgehead atoms. The SMILES string of the molecule is CCCCOc1ccc(CCNC(=O)CSc2nc3ccccc3o2)cc1. The second-order valence-electron chi connectivity index (χ2n) is 6.18. The monoisotopic (exact) mass is 384 g/mol. The molecule has 0 saturated carbocycles. The highest BCUT2D eigenvalue weighted by atomic mass is 32.2. The molecule has 0 fully saturated rings. The quantitative estimate of drug-likeness (QED) is 0.413. The molecule has 1 heterocycles. The van der Waals surface area contributed by atoms with Crippen molar-refractivity contribution < 1.29 is 13.9 Å². The molecule has 3 aromatic rings. The summed E-state index contributed by atoms with van der Waals surface area (Å²) in [6, 6.07) is 15.6. The number of benzene rings is 2. The third-order valence-corrected chi connectivity index (χ3v) is 4.85. The molecule has 0 radical (unpaired) electrons. The number of nitrogens with one attached hydrogen (secondary N) is 1. The Labute approximate surface area is 163 Å². The number of nitrogens with zero attached hydrogens (tertiary/aromatic N) is 1. The van der Waals surface area contributed by atoms with E-state index in [9.17, 15) is 4.79 Å². The predicted molar refractivity (Wildman–Crippen MR) is 108 cm³/mol. The zero-order valence-electron chi connectivity index (χ0n) is 15.4. The lowest BCUT2D eigenvalue weighted by atomic mass is 10.1. The lowest BCUT2D eigenvalue weighted by Gasteiger charge is -2.07. The molecule has 0 aliphatic heterocycles. The molecule has 6 heteroatoms. The summed E-state index contributed by atoms with van der Waals surface area (Å²) in [7, 11) is 0. The molecule has 0 aliphatic carbocycles. The van der Waals surface area contributed by atoms with Gasteiger partial charge in [-0.15, -0.1) is 0 Å². The predicted octanol–water partition coefficient (Wildman–Crippen LogP) is 4.46. The van der Waals surface area contributed by atoms with Crippen LogP contribution >= 0.6 is 11.8 Å². The van der Waals surface area contributed by atoms with E-state index in [1.165, 1.54) is 17.3 Å². The van der Waals surface area contributed by atoms with Gasteiger partial charge in [0.05, 0.1) is 12.4 Å². The molecular weight excluding hydrogens is 360 g/mol. The molecule has 0 atom stereocenters. The van der Waals surface area contributed by atoms with Gasteiger partial charge in [-0.3, -0.25) is 4.79 Å². The van der Waals surface area contributed by atoms with Crippen LogP contribution in [0.1, 0.15) is 25.3 Å². The minimum absolute atomic E-state index is 0.0261. The Morgan fingerprint density at radius 1 is 1.19 bits per heavy atom. The number of fused-ring (bicyclic) bond motifs is 1. The fourth-order valence-electron chi connectivity index (χ4n) is 2.52. The molecule has 0 unspecified atom stereocenters. The zero-order chi connectivity index (χ0) is 18.9. The number of ether oxygens (including phenoxy) is 1. The van der Waals surface area contributed by atoms with Crippen molar-refractivity contribution in [3.05, 3.63) is 54.1 Å². The first-order valence-electron chi connectivity index (χ1n) is 9.21. The summed E-state index contributed by atoms with van der Waals surface area (Å²) in [5, 5.41) is 3.45. The van der Waals surface area contributed by atoms with E-state index in [1.807, 2.05) is 48.5 Å². The van der Waals surface area contributed by atoms with E-state index in [2.05, 4.69) is 17.2 Å². The van der Waals surface area contributed by atoms with Gasteiger partial charge in [0.2, 0.25) is 5.91 Å². The smallest absolute Gasteiger partial charge is 0.257 e. The second kappa shape index (κ2) is 10.0. The Morgan fingerprint density at radius 2 is 2.00 bits per heavy atom. The van der Waals surface area contributed by atoms with Gasteiger partial charge in [-0.2, -0.15) is 0 Å². The minimum atomic E-state index is -0.0261. The molecule has 3 rings (SSSR count). The van der Waals surface area contributed by atoms with Crippen LogP contribution in [0.2, 0.25) is 0 Å². The maximum absolute atomic E-state index is 12.0. The molecule has 5 nitrogen and oxygen atoms in total. The van der Waals surface area contributed by atoms with Gasteiger partial charge in [-0.1, -0.05) is 49.4 Å². The number of rotatable bonds is 10. The highest BCUT2D eigenvalue weighted by Crippen LogP contribution is 2.22. The summed E-state index contributed by atoms with van der Waals surface area (Å²) in [6.07, 6.45) is 2.98. The molecule has 1 N–H and O–H groups in total. The van der Waals surface area contributed by atoms with Crippen molar-refractivity contribution in [3.63, 3.8) is 0 Å². The van der Waals surface area contributed by atoms with Crippen LogP contribution < -0.4 is 10.1 Å². The van der Waals surface area contributed by atoms with E-state index in [0.29, 0.717) is 11.8 Å². The largest absolute Gasteiger partial charge is 0.494 e. The van der Waals surface area contributed by atoms with Crippen LogP contribution in [0.15, 0.2) is 58.2 Å². The number of hydrogen-bond donors (Lipinski definition) is 1. The van der Waals surface area contributed by atoms with E-state index >= 15 is 0 Å². The van der Waals surface area contributed by atoms with Crippen LogP contribution in [-0.2, 0) is 11.2 Å². The van der Waals surface area contributed by atoms with Gasteiger partial charge >= 0.3 is 0 Å². The van der Waals surface area contributed by atoms with Crippen LogP contribution in [0, 0.1) is 0 Å². The maximum Gasteiger partial charge on any atom is 0.257 e. The van der Waals surface area contributed by atoms with E-state index < -0.39 is 0 Å². The number of aromatic nitrogens is 1. The number of thioether (sulfide) groups is 1. The van der Waals surface area contributed by atoms with Crippen molar-refractivity contribution >= 4 is 28.8 Å². The van der Waals surface area contributed by atoms with Crippen molar-refractivity contribution in [3.8, 4) is 5.75 Å². The molecule has 2 aromatic carbocycles. The fraction of sp³-hybridized carbons (Fsp3) is 0.333. The molecule has 1 aromatic heterocycles. The normalized spacial score (nSPS) is 10.9. The van der Waals surface area contributed by atoms with Gasteiger partial charge in [0, 0.05) is 6.54 Å². The number of unbranched alkanes of at least 4 members (excludes halogenated alkanes) is 1. The Bertz CT molecular complexity index is 828. The molecule has 0 aliphatic rings. The van der Waals surface area contributed by atoms with Gasteiger partial charge < -0.3 is 14.5 Å². The van der Waals surface area contributed by atoms with Crippen molar-refractivity contribution in [2.24, 2.45) is 0 Å². The first-order chi connectivity index (χ1) is 13.2. The average Bonchev–Trinajstić information content (AvgIpc) is 3.11. The lowest BCUT2D eigenvalue weighted by Crippen LogP contribution is -2.27. The topological polar surface area (TPSA) is 64.4 Å². The van der Waals surface area contributed by atoms with Crippen molar-refractivity contribution in [2.45, 2.75) is 31.4 Å². The van der Waals surface area contributed by atoms with Gasteiger partial charge in [-0.05, 0) is 42.7 Å². The Hall–Kier alpha value is -2.47. The third kappa shape index (κ3) is 6.03. The number of amides is 1. The number of carbonyl (C=O) groups is 1. The molecular formula is C21H24N2O3S. The first kappa shape index (κ1) is 19.3. The van der Waals surface area contributed by atoms with Crippen molar-refractivity contribution in [1.82, 2.24) is 10.3 Å². The number of para-hydroxylation sites is 2. The highest BCUT2D eigenvalue weighted by Gasteiger charge is 2.08. The van der Waals surface area contributed by atoms with Crippen LogP contribution in [-0.4, -0.2) is 29.8 Å². The summed E-state index contributed by atoms with van der Waals surface area (Å²) >= 11 is 1.31. The van der Waals surface area contributed by atoms with E-state index in [1.54, 1.807) is 0 Å². The van der Waals surface area contributed by atoms with Gasteiger partial charge in [0.25, 0.3) is 5.22 Å². The summed E-state index contributed by atoms with van der Waals surface area (Å²) in [4.78, 5) is 16.4. The summed E-state index contributed by atoms with van der Waals surface area (Å²) in [6.45, 7) is 3.50. The molecule has 0 spiro atoms. The second-order valence-corrected chi connectivity index (χ2v) is 7.11. The number of carbonyl (C=O) groups excluding carboxylic acids is 1. The Morgan fingerprint density at radius 3 is 2.78 bits per heavy atom. The first-order valence-corrected chi connectivity index (χ1v) is 10.2. The molecule has 142 valence electrons. The van der Waals surface area contributed by atoms with Crippen molar-refractivity contribution in [2.75, 3.05) is 18.9 Å². The van der Waals surface area contributed by atoms with Crippen molar-refractivity contribution in [1.29, 1.82) is 0 Å². The van der Waals surface area contributed by atoms with Gasteiger partial charge in [0.1, 0.15) is 11.3 Å². The minimum Gasteiger partial charge on any atom is -0.494 e. The summed E-state index contributed by atoms with van der Waals surface area (Å²) in [5.41, 5.74) is 2.72. The van der Waals surface area contributed by atoms with E-state index in [-0.39, 0.29) is 11.7 Å². The average molecular weight is 385 g/mol. The van der Waals surface area contributed by atoms with E-state index in [0.717, 1.165) is 42.7 Å². The summed E-state index contributed by atoms with van der Waals surface area (Å²) in [5.74, 6) is 1.16. The van der Waals surface area contributed by atoms with Crippen LogP contribution in [0.5, 0.6) is 5.75 Å². The highest BCUT2D eigenvalue weighted by molar-refractivity contribution is 7.99. The Balaban J connectivity index is 1.36. The van der Waals surface area contributed by atoms with Gasteiger partial charge in [0.15, 0.2) is 5.58 Å². The Kier molecular flexibility index (Phi) is 7.16. The standard InChI is InChI=1S/C21H24N2O3S/c1-2-3-14-25-17-10-8-16(9-11-17)12-13-22-20(24)15-27-21-23-18-6-4-5-7-19(18)26-21/h4-11H,2-3,12-15H2,1H3,(H,22,24). The van der Waals surface area contributed by atoms with Crippen LogP contribution in [0.3, 0.4) is 0 Å². The summed E-state index contributed by atoms with van der Waals surface area (Å²) < 4.78 is 11.3. The van der Waals surface area contributed by atoms with E-state index in [4.69, 9.17) is 9.15 Å². The number of hydrogen-bond acceptors (Lipinski definition) is 5. The van der Waals surface area contributed by atoms with Crippen LogP contribution in [0.4, 0.5) is 0 Å². The zero-order valence-corrected chi connectivity index (χ0v) is 16.3. The molecule has 27 heavy (non-hydrogen) atoms. The fourth-order valence-corrected chi connectivity index (χ4v) is 3.19. The third-order valence-electron chi connectivity index (χ3n) is 4.03. The molecule has 1 amide bonds. The lowest BCUT2D eigenvalue weighted by molar-refractivity contribution is -0.118. The molecule has 0 saturated heterocycles.